The van der Waals surface area contributed by atoms with E-state index in [4.69, 9.17) is 10.5 Å². The summed E-state index contributed by atoms with van der Waals surface area (Å²) in [7, 11) is 0. The van der Waals surface area contributed by atoms with Gasteiger partial charge in [-0.25, -0.2) is 0 Å². The molecular weight excluding hydrogens is 188 g/mol. The lowest BCUT2D eigenvalue weighted by Crippen LogP contribution is -2.40. The Morgan fingerprint density at radius 3 is 2.67 bits per heavy atom. The molecule has 0 aromatic rings. The minimum absolute atomic E-state index is 0.435. The summed E-state index contributed by atoms with van der Waals surface area (Å²) < 4.78 is 5.41. The van der Waals surface area contributed by atoms with Crippen LogP contribution in [-0.4, -0.2) is 31.8 Å². The van der Waals surface area contributed by atoms with Gasteiger partial charge in [0.25, 0.3) is 0 Å². The Kier molecular flexibility index (Phi) is 3.65. The lowest BCUT2D eigenvalue weighted by atomic mass is 9.82. The third-order valence-corrected chi connectivity index (χ3v) is 3.99. The Balaban J connectivity index is 1.72. The summed E-state index contributed by atoms with van der Waals surface area (Å²) >= 11 is 0. The predicted molar refractivity (Wildman–Crippen MR) is 61.8 cm³/mol. The highest BCUT2D eigenvalue weighted by molar-refractivity contribution is 4.86. The molecule has 0 aromatic heterocycles. The van der Waals surface area contributed by atoms with Gasteiger partial charge in [0.15, 0.2) is 0 Å². The van der Waals surface area contributed by atoms with Crippen LogP contribution in [0.4, 0.5) is 0 Å². The van der Waals surface area contributed by atoms with Crippen molar-refractivity contribution in [1.29, 1.82) is 0 Å². The summed E-state index contributed by atoms with van der Waals surface area (Å²) in [6.07, 6.45) is 6.00. The second-order valence-electron chi connectivity index (χ2n) is 5.57. The van der Waals surface area contributed by atoms with Gasteiger partial charge in [0.2, 0.25) is 0 Å². The normalized spacial score (nSPS) is 35.6. The molecule has 0 radical (unpaired) electrons. The van der Waals surface area contributed by atoms with Gasteiger partial charge in [-0.3, -0.25) is 0 Å². The molecule has 3 heteroatoms. The van der Waals surface area contributed by atoms with Crippen LogP contribution in [0.2, 0.25) is 0 Å². The maximum atomic E-state index is 5.91. The molecule has 2 rings (SSSR count). The number of hydrogen-bond donors (Lipinski definition) is 2. The van der Waals surface area contributed by atoms with Gasteiger partial charge in [-0.1, -0.05) is 6.92 Å². The van der Waals surface area contributed by atoms with Crippen molar-refractivity contribution >= 4 is 0 Å². The van der Waals surface area contributed by atoms with Crippen molar-refractivity contribution in [2.45, 2.75) is 51.1 Å². The van der Waals surface area contributed by atoms with Crippen molar-refractivity contribution < 1.29 is 4.74 Å². The zero-order valence-electron chi connectivity index (χ0n) is 9.80. The molecule has 88 valence electrons. The minimum Gasteiger partial charge on any atom is -0.381 e. The summed E-state index contributed by atoms with van der Waals surface area (Å²) in [5.74, 6) is 0. The zero-order chi connectivity index (χ0) is 10.7. The van der Waals surface area contributed by atoms with Gasteiger partial charge < -0.3 is 15.8 Å². The van der Waals surface area contributed by atoms with E-state index in [1.807, 2.05) is 0 Å². The smallest absolute Gasteiger partial charge is 0.0471 e. The van der Waals surface area contributed by atoms with Crippen LogP contribution < -0.4 is 11.1 Å². The molecular formula is C12H24N2O. The Labute approximate surface area is 92.7 Å². The summed E-state index contributed by atoms with van der Waals surface area (Å²) in [5, 5.41) is 3.69. The first-order valence-corrected chi connectivity index (χ1v) is 6.25. The fraction of sp³-hybridized carbons (Fsp3) is 1.00. The lowest BCUT2D eigenvalue weighted by Gasteiger charge is -2.34. The fourth-order valence-corrected chi connectivity index (χ4v) is 2.63. The van der Waals surface area contributed by atoms with Crippen LogP contribution in [0.15, 0.2) is 0 Å². The molecule has 0 spiro atoms. The van der Waals surface area contributed by atoms with Crippen LogP contribution in [0, 0.1) is 5.41 Å². The fourth-order valence-electron chi connectivity index (χ4n) is 2.63. The Hall–Kier alpha value is -0.120. The molecule has 2 unspecified atom stereocenters. The number of hydrogen-bond acceptors (Lipinski definition) is 3. The van der Waals surface area contributed by atoms with Gasteiger partial charge in [-0.15, -0.1) is 0 Å². The molecule has 0 amide bonds. The van der Waals surface area contributed by atoms with Gasteiger partial charge in [0.05, 0.1) is 0 Å². The van der Waals surface area contributed by atoms with Crippen LogP contribution in [0.5, 0.6) is 0 Å². The highest BCUT2D eigenvalue weighted by atomic mass is 16.5. The van der Waals surface area contributed by atoms with E-state index in [0.29, 0.717) is 17.5 Å². The molecule has 15 heavy (non-hydrogen) atoms. The van der Waals surface area contributed by atoms with E-state index in [2.05, 4.69) is 12.2 Å². The zero-order valence-corrected chi connectivity index (χ0v) is 9.80. The monoisotopic (exact) mass is 212 g/mol. The van der Waals surface area contributed by atoms with Crippen molar-refractivity contribution in [3.63, 3.8) is 0 Å². The van der Waals surface area contributed by atoms with E-state index in [1.165, 1.54) is 25.7 Å². The second kappa shape index (κ2) is 4.81. The summed E-state index contributed by atoms with van der Waals surface area (Å²) in [6.45, 7) is 5.37. The number of nitrogens with two attached hydrogens (primary N) is 1. The van der Waals surface area contributed by atoms with Gasteiger partial charge in [-0.05, 0) is 37.5 Å². The topological polar surface area (TPSA) is 47.3 Å². The van der Waals surface area contributed by atoms with E-state index >= 15 is 0 Å². The molecule has 0 aromatic carbocycles. The molecule has 2 atom stereocenters. The van der Waals surface area contributed by atoms with Crippen LogP contribution in [0.3, 0.4) is 0 Å². The van der Waals surface area contributed by atoms with Crippen LogP contribution in [0.1, 0.15) is 39.0 Å². The maximum absolute atomic E-state index is 5.91. The third kappa shape index (κ3) is 3.16. The molecule has 0 bridgehead atoms. The van der Waals surface area contributed by atoms with E-state index in [1.54, 1.807) is 0 Å². The van der Waals surface area contributed by atoms with Crippen LogP contribution in [0.25, 0.3) is 0 Å². The first kappa shape index (κ1) is 11.4. The minimum atomic E-state index is 0.435. The maximum Gasteiger partial charge on any atom is 0.0471 e. The first-order chi connectivity index (χ1) is 7.18. The molecule has 1 aliphatic heterocycles. The molecule has 1 heterocycles. The van der Waals surface area contributed by atoms with Gasteiger partial charge in [-0.2, -0.15) is 0 Å². The van der Waals surface area contributed by atoms with Crippen LogP contribution in [-0.2, 0) is 4.74 Å². The molecule has 1 saturated heterocycles. The van der Waals surface area contributed by atoms with Gasteiger partial charge >= 0.3 is 0 Å². The van der Waals surface area contributed by atoms with Crippen LogP contribution >= 0.6 is 0 Å². The average molecular weight is 212 g/mol. The number of nitrogens with one attached hydrogen (secondary N) is 1. The van der Waals surface area contributed by atoms with Gasteiger partial charge in [0, 0.05) is 31.8 Å². The van der Waals surface area contributed by atoms with Crippen molar-refractivity contribution in [2.75, 3.05) is 19.8 Å². The summed E-state index contributed by atoms with van der Waals surface area (Å²) in [6, 6.07) is 1.10. The first-order valence-electron chi connectivity index (χ1n) is 6.25. The molecule has 2 aliphatic rings. The molecule has 1 aliphatic carbocycles. The SMILES string of the molecule is CC1(CNC2CCC(N)C2)CCOCC1. The molecule has 2 fully saturated rings. The summed E-state index contributed by atoms with van der Waals surface area (Å²) in [4.78, 5) is 0. The standard InChI is InChI=1S/C12H24N2O/c1-12(4-6-15-7-5-12)9-14-11-3-2-10(13)8-11/h10-11,14H,2-9,13H2,1H3. The summed E-state index contributed by atoms with van der Waals surface area (Å²) in [5.41, 5.74) is 6.36. The molecule has 3 nitrogen and oxygen atoms in total. The van der Waals surface area contributed by atoms with Crippen molar-refractivity contribution in [1.82, 2.24) is 5.32 Å². The van der Waals surface area contributed by atoms with Crippen molar-refractivity contribution in [3.05, 3.63) is 0 Å². The van der Waals surface area contributed by atoms with E-state index < -0.39 is 0 Å². The predicted octanol–water partition coefficient (Wildman–Crippen LogP) is 1.27. The average Bonchev–Trinajstić information content (AvgIpc) is 2.63. The van der Waals surface area contributed by atoms with E-state index in [9.17, 15) is 0 Å². The Morgan fingerprint density at radius 2 is 2.07 bits per heavy atom. The largest absolute Gasteiger partial charge is 0.381 e. The highest BCUT2D eigenvalue weighted by Gasteiger charge is 2.29. The van der Waals surface area contributed by atoms with E-state index in [0.717, 1.165) is 26.2 Å². The van der Waals surface area contributed by atoms with Gasteiger partial charge in [0.1, 0.15) is 0 Å². The van der Waals surface area contributed by atoms with Crippen molar-refractivity contribution in [3.8, 4) is 0 Å². The second-order valence-corrected chi connectivity index (χ2v) is 5.57. The lowest BCUT2D eigenvalue weighted by molar-refractivity contribution is 0.0229. The number of ether oxygens (including phenoxy) is 1. The Morgan fingerprint density at radius 1 is 1.33 bits per heavy atom. The van der Waals surface area contributed by atoms with E-state index in [-0.39, 0.29) is 0 Å². The third-order valence-electron chi connectivity index (χ3n) is 3.99. The number of rotatable bonds is 3. The molecule has 1 saturated carbocycles. The molecule has 3 N–H and O–H groups in total. The highest BCUT2D eigenvalue weighted by Crippen LogP contribution is 2.29. The quantitative estimate of drug-likeness (QED) is 0.740. The van der Waals surface area contributed by atoms with Crippen molar-refractivity contribution in [2.24, 2.45) is 11.1 Å². The Bertz CT molecular complexity index is 202.